The van der Waals surface area contributed by atoms with Gasteiger partial charge in [-0.05, 0) is 42.5 Å². The fourth-order valence-electron chi connectivity index (χ4n) is 2.99. The summed E-state index contributed by atoms with van der Waals surface area (Å²) in [5.74, 6) is -0.113. The molecule has 7 heteroatoms. The number of hydrogen-bond acceptors (Lipinski definition) is 6. The van der Waals surface area contributed by atoms with Gasteiger partial charge in [-0.15, -0.1) is 0 Å². The molecule has 6 nitrogen and oxygen atoms in total. The molecule has 27 heavy (non-hydrogen) atoms. The number of carbonyl (C=O) groups excluding carboxylic acids is 1. The zero-order valence-corrected chi connectivity index (χ0v) is 16.3. The Bertz CT molecular complexity index is 946. The number of benzene rings is 2. The maximum absolute atomic E-state index is 12.5. The summed E-state index contributed by atoms with van der Waals surface area (Å²) in [7, 11) is 3.95. The predicted molar refractivity (Wildman–Crippen MR) is 111 cm³/mol. The van der Waals surface area contributed by atoms with Crippen LogP contribution in [-0.2, 0) is 4.74 Å². The van der Waals surface area contributed by atoms with Gasteiger partial charge in [-0.2, -0.15) is 0 Å². The van der Waals surface area contributed by atoms with Gasteiger partial charge in [-0.3, -0.25) is 4.79 Å². The van der Waals surface area contributed by atoms with Crippen molar-refractivity contribution in [1.29, 1.82) is 0 Å². The van der Waals surface area contributed by atoms with Crippen molar-refractivity contribution in [3.05, 3.63) is 48.0 Å². The smallest absolute Gasteiger partial charge is 0.255 e. The summed E-state index contributed by atoms with van der Waals surface area (Å²) in [5.41, 5.74) is 3.43. The Balaban J connectivity index is 1.50. The van der Waals surface area contributed by atoms with Gasteiger partial charge in [0.2, 0.25) is 0 Å². The van der Waals surface area contributed by atoms with Gasteiger partial charge in [0.15, 0.2) is 5.13 Å². The quantitative estimate of drug-likeness (QED) is 0.749. The average Bonchev–Trinajstić information content (AvgIpc) is 3.12. The molecule has 1 fully saturated rings. The molecule has 0 aliphatic carbocycles. The van der Waals surface area contributed by atoms with Crippen molar-refractivity contribution in [3.63, 3.8) is 0 Å². The largest absolute Gasteiger partial charge is 0.378 e. The summed E-state index contributed by atoms with van der Waals surface area (Å²) in [5, 5.41) is 3.99. The third kappa shape index (κ3) is 3.89. The summed E-state index contributed by atoms with van der Waals surface area (Å²) in [4.78, 5) is 21.5. The van der Waals surface area contributed by atoms with Crippen molar-refractivity contribution in [2.24, 2.45) is 0 Å². The molecule has 1 saturated heterocycles. The molecule has 2 aromatic carbocycles. The number of nitrogens with zero attached hydrogens (tertiary/aromatic N) is 3. The number of nitrogens with one attached hydrogen (secondary N) is 1. The van der Waals surface area contributed by atoms with Crippen molar-refractivity contribution in [1.82, 2.24) is 4.98 Å². The molecule has 1 aromatic heterocycles. The van der Waals surface area contributed by atoms with Crippen LogP contribution in [0.4, 0.5) is 16.5 Å². The van der Waals surface area contributed by atoms with Crippen LogP contribution in [0.5, 0.6) is 0 Å². The zero-order chi connectivity index (χ0) is 18.8. The number of morpholine rings is 1. The molecule has 0 saturated carbocycles. The minimum absolute atomic E-state index is 0.113. The molecule has 0 bridgehead atoms. The van der Waals surface area contributed by atoms with Crippen molar-refractivity contribution >= 4 is 44.0 Å². The van der Waals surface area contributed by atoms with E-state index in [1.165, 1.54) is 0 Å². The third-order valence-electron chi connectivity index (χ3n) is 4.56. The first-order valence-corrected chi connectivity index (χ1v) is 9.74. The summed E-state index contributed by atoms with van der Waals surface area (Å²) >= 11 is 1.65. The van der Waals surface area contributed by atoms with E-state index in [1.807, 2.05) is 61.5 Å². The third-order valence-corrected chi connectivity index (χ3v) is 5.64. The lowest BCUT2D eigenvalue weighted by molar-refractivity contribution is 0.102. The topological polar surface area (TPSA) is 57.7 Å². The first-order valence-electron chi connectivity index (χ1n) is 8.92. The highest BCUT2D eigenvalue weighted by atomic mass is 32.1. The highest BCUT2D eigenvalue weighted by Crippen LogP contribution is 2.31. The Morgan fingerprint density at radius 3 is 2.59 bits per heavy atom. The van der Waals surface area contributed by atoms with E-state index in [2.05, 4.69) is 10.2 Å². The predicted octanol–water partition coefficient (Wildman–Crippen LogP) is 3.45. The molecule has 140 valence electrons. The first kappa shape index (κ1) is 17.8. The summed E-state index contributed by atoms with van der Waals surface area (Å²) in [6, 6.07) is 13.4. The highest BCUT2D eigenvalue weighted by molar-refractivity contribution is 7.22. The van der Waals surface area contributed by atoms with Gasteiger partial charge in [0.1, 0.15) is 0 Å². The van der Waals surface area contributed by atoms with Crippen molar-refractivity contribution < 1.29 is 9.53 Å². The molecule has 1 aliphatic heterocycles. The Hall–Kier alpha value is -2.64. The van der Waals surface area contributed by atoms with Crippen molar-refractivity contribution in [3.8, 4) is 0 Å². The van der Waals surface area contributed by atoms with E-state index < -0.39 is 0 Å². The molecule has 3 aromatic rings. The van der Waals surface area contributed by atoms with Crippen LogP contribution < -0.4 is 15.1 Å². The molecule has 2 heterocycles. The minimum atomic E-state index is -0.113. The van der Waals surface area contributed by atoms with Crippen LogP contribution in [0.1, 0.15) is 10.4 Å². The van der Waals surface area contributed by atoms with E-state index in [0.717, 1.165) is 53.0 Å². The van der Waals surface area contributed by atoms with Crippen LogP contribution in [0.25, 0.3) is 10.2 Å². The van der Waals surface area contributed by atoms with Gasteiger partial charge < -0.3 is 19.9 Å². The van der Waals surface area contributed by atoms with Crippen LogP contribution in [0.2, 0.25) is 0 Å². The van der Waals surface area contributed by atoms with Crippen molar-refractivity contribution in [2.75, 3.05) is 55.5 Å². The molecular weight excluding hydrogens is 360 g/mol. The fraction of sp³-hybridized carbons (Fsp3) is 0.300. The minimum Gasteiger partial charge on any atom is -0.378 e. The van der Waals surface area contributed by atoms with Gasteiger partial charge in [0.25, 0.3) is 5.91 Å². The van der Waals surface area contributed by atoms with E-state index >= 15 is 0 Å². The second-order valence-electron chi connectivity index (χ2n) is 6.67. The van der Waals surface area contributed by atoms with Crippen molar-refractivity contribution in [2.45, 2.75) is 0 Å². The standard InChI is InChI=1S/C20H22N4O2S/c1-23(2)16-6-3-14(4-7-16)19(25)21-15-5-8-17-18(13-15)27-20(22-17)24-9-11-26-12-10-24/h3-8,13H,9-12H2,1-2H3,(H,21,25). The number of amides is 1. The van der Waals surface area contributed by atoms with Crippen LogP contribution in [0, 0.1) is 0 Å². The molecule has 0 radical (unpaired) electrons. The lowest BCUT2D eigenvalue weighted by Crippen LogP contribution is -2.36. The molecule has 1 aliphatic rings. The Morgan fingerprint density at radius 2 is 1.89 bits per heavy atom. The van der Waals surface area contributed by atoms with E-state index in [1.54, 1.807) is 11.3 Å². The lowest BCUT2D eigenvalue weighted by atomic mass is 10.2. The van der Waals surface area contributed by atoms with Gasteiger partial charge in [0.05, 0.1) is 23.4 Å². The molecule has 1 amide bonds. The molecule has 1 N–H and O–H groups in total. The normalized spacial score (nSPS) is 14.4. The molecule has 4 rings (SSSR count). The van der Waals surface area contributed by atoms with E-state index in [-0.39, 0.29) is 5.91 Å². The SMILES string of the molecule is CN(C)c1ccc(C(=O)Nc2ccc3nc(N4CCOCC4)sc3c2)cc1. The van der Waals surface area contributed by atoms with Crippen LogP contribution in [0.15, 0.2) is 42.5 Å². The van der Waals surface area contributed by atoms with Crippen LogP contribution in [0.3, 0.4) is 0 Å². The van der Waals surface area contributed by atoms with Gasteiger partial charge in [-0.25, -0.2) is 4.98 Å². The number of rotatable bonds is 4. The maximum atomic E-state index is 12.5. The van der Waals surface area contributed by atoms with Gasteiger partial charge in [-0.1, -0.05) is 11.3 Å². The van der Waals surface area contributed by atoms with Crippen LogP contribution >= 0.6 is 11.3 Å². The maximum Gasteiger partial charge on any atom is 0.255 e. The fourth-order valence-corrected chi connectivity index (χ4v) is 4.05. The molecular formula is C20H22N4O2S. The molecule has 0 atom stereocenters. The van der Waals surface area contributed by atoms with Gasteiger partial charge in [0, 0.05) is 44.1 Å². The lowest BCUT2D eigenvalue weighted by Gasteiger charge is -2.25. The molecule has 0 unspecified atom stereocenters. The Labute approximate surface area is 162 Å². The van der Waals surface area contributed by atoms with E-state index in [4.69, 9.17) is 9.72 Å². The number of fused-ring (bicyclic) bond motifs is 1. The number of hydrogen-bond donors (Lipinski definition) is 1. The first-order chi connectivity index (χ1) is 13.1. The summed E-state index contributed by atoms with van der Waals surface area (Å²) < 4.78 is 6.47. The second-order valence-corrected chi connectivity index (χ2v) is 7.68. The second kappa shape index (κ2) is 7.54. The Morgan fingerprint density at radius 1 is 1.15 bits per heavy atom. The Kier molecular flexibility index (Phi) is 4.96. The van der Waals surface area contributed by atoms with E-state index in [9.17, 15) is 4.79 Å². The van der Waals surface area contributed by atoms with Crippen LogP contribution in [-0.4, -0.2) is 51.3 Å². The average molecular weight is 382 g/mol. The van der Waals surface area contributed by atoms with Gasteiger partial charge >= 0.3 is 0 Å². The number of anilines is 3. The van der Waals surface area contributed by atoms with E-state index in [0.29, 0.717) is 5.56 Å². The zero-order valence-electron chi connectivity index (χ0n) is 15.4. The number of ether oxygens (including phenoxy) is 1. The number of aromatic nitrogens is 1. The number of thiazole rings is 1. The summed E-state index contributed by atoms with van der Waals surface area (Å²) in [6.07, 6.45) is 0. The summed E-state index contributed by atoms with van der Waals surface area (Å²) in [6.45, 7) is 3.21. The monoisotopic (exact) mass is 382 g/mol. The molecule has 0 spiro atoms. The number of carbonyl (C=O) groups is 1. The highest BCUT2D eigenvalue weighted by Gasteiger charge is 2.16.